The van der Waals surface area contributed by atoms with E-state index in [1.54, 1.807) is 0 Å². The number of hydrogen-bond donors (Lipinski definition) is 1. The van der Waals surface area contributed by atoms with Crippen molar-refractivity contribution in [1.82, 2.24) is 9.97 Å². The smallest absolute Gasteiger partial charge is 0.224 e. The number of nitrogen functional groups attached to an aromatic ring is 1. The first-order valence-corrected chi connectivity index (χ1v) is 6.07. The Bertz CT molecular complexity index is 553. The standard InChI is InChI=1S/C13H15N3O2/c14-9-3-4-11-12(6-9)15-8-16-13(11)18-7-10-2-1-5-17-10/h3-4,6,8,10H,1-2,5,7,14H2. The Hall–Kier alpha value is -1.88. The molecule has 1 atom stereocenters. The lowest BCUT2D eigenvalue weighted by atomic mass is 10.2. The van der Waals surface area contributed by atoms with Crippen LogP contribution in [0, 0.1) is 0 Å². The third kappa shape index (κ3) is 2.22. The lowest BCUT2D eigenvalue weighted by molar-refractivity contribution is 0.0669. The summed E-state index contributed by atoms with van der Waals surface area (Å²) in [6.07, 6.45) is 3.83. The molecule has 1 unspecified atom stereocenters. The van der Waals surface area contributed by atoms with Crippen LogP contribution in [0.5, 0.6) is 5.88 Å². The van der Waals surface area contributed by atoms with Gasteiger partial charge in [0.25, 0.3) is 0 Å². The Morgan fingerprint density at radius 3 is 3.17 bits per heavy atom. The van der Waals surface area contributed by atoms with E-state index >= 15 is 0 Å². The summed E-state index contributed by atoms with van der Waals surface area (Å²) in [5, 5.41) is 0.879. The van der Waals surface area contributed by atoms with Gasteiger partial charge in [0, 0.05) is 12.3 Å². The lowest BCUT2D eigenvalue weighted by Crippen LogP contribution is -2.16. The second kappa shape index (κ2) is 4.78. The maximum Gasteiger partial charge on any atom is 0.224 e. The molecule has 1 aliphatic rings. The van der Waals surface area contributed by atoms with Crippen molar-refractivity contribution in [1.29, 1.82) is 0 Å². The third-order valence-corrected chi connectivity index (χ3v) is 3.05. The Balaban J connectivity index is 1.82. The van der Waals surface area contributed by atoms with Crippen molar-refractivity contribution < 1.29 is 9.47 Å². The first-order valence-electron chi connectivity index (χ1n) is 6.07. The highest BCUT2D eigenvalue weighted by atomic mass is 16.5. The van der Waals surface area contributed by atoms with Gasteiger partial charge in [0.1, 0.15) is 12.9 Å². The molecule has 5 nitrogen and oxygen atoms in total. The Morgan fingerprint density at radius 2 is 2.33 bits per heavy atom. The molecule has 3 rings (SSSR count). The maximum absolute atomic E-state index is 5.73. The predicted octanol–water partition coefficient (Wildman–Crippen LogP) is 1.77. The molecule has 5 heteroatoms. The van der Waals surface area contributed by atoms with E-state index in [1.807, 2.05) is 18.2 Å². The van der Waals surface area contributed by atoms with E-state index in [4.69, 9.17) is 15.2 Å². The molecular formula is C13H15N3O2. The third-order valence-electron chi connectivity index (χ3n) is 3.05. The summed E-state index contributed by atoms with van der Waals surface area (Å²) in [6, 6.07) is 5.52. The van der Waals surface area contributed by atoms with Gasteiger partial charge in [-0.1, -0.05) is 0 Å². The van der Waals surface area contributed by atoms with Crippen LogP contribution in [0.25, 0.3) is 10.9 Å². The van der Waals surface area contributed by atoms with Crippen LogP contribution in [0.4, 0.5) is 5.69 Å². The van der Waals surface area contributed by atoms with Crippen LogP contribution >= 0.6 is 0 Å². The largest absolute Gasteiger partial charge is 0.474 e. The number of aromatic nitrogens is 2. The van der Waals surface area contributed by atoms with Gasteiger partial charge in [-0.25, -0.2) is 9.97 Å². The fourth-order valence-corrected chi connectivity index (χ4v) is 2.11. The fraction of sp³-hybridized carbons (Fsp3) is 0.385. The summed E-state index contributed by atoms with van der Waals surface area (Å²) in [5.41, 5.74) is 7.21. The molecule has 1 saturated heterocycles. The first-order chi connectivity index (χ1) is 8.83. The van der Waals surface area contributed by atoms with Gasteiger partial charge in [-0.05, 0) is 31.0 Å². The molecule has 2 aromatic rings. The van der Waals surface area contributed by atoms with Crippen LogP contribution in [-0.4, -0.2) is 29.3 Å². The summed E-state index contributed by atoms with van der Waals surface area (Å²) in [4.78, 5) is 8.35. The zero-order valence-electron chi connectivity index (χ0n) is 10.0. The molecule has 18 heavy (non-hydrogen) atoms. The molecule has 0 aliphatic carbocycles. The average Bonchev–Trinajstić information content (AvgIpc) is 2.89. The highest BCUT2D eigenvalue weighted by molar-refractivity contribution is 5.85. The topological polar surface area (TPSA) is 70.3 Å². The fourth-order valence-electron chi connectivity index (χ4n) is 2.11. The monoisotopic (exact) mass is 245 g/mol. The molecule has 94 valence electrons. The number of fused-ring (bicyclic) bond motifs is 1. The number of hydrogen-bond acceptors (Lipinski definition) is 5. The molecule has 0 amide bonds. The van der Waals surface area contributed by atoms with Gasteiger partial charge in [-0.15, -0.1) is 0 Å². The van der Waals surface area contributed by atoms with Crippen molar-refractivity contribution in [3.8, 4) is 5.88 Å². The number of nitrogens with zero attached hydrogens (tertiary/aromatic N) is 2. The van der Waals surface area contributed by atoms with Gasteiger partial charge in [0.15, 0.2) is 0 Å². The Labute approximate surface area is 105 Å². The van der Waals surface area contributed by atoms with Gasteiger partial charge in [-0.2, -0.15) is 0 Å². The summed E-state index contributed by atoms with van der Waals surface area (Å²) >= 11 is 0. The maximum atomic E-state index is 5.73. The van der Waals surface area contributed by atoms with E-state index in [-0.39, 0.29) is 6.10 Å². The normalized spacial score (nSPS) is 19.2. The zero-order valence-corrected chi connectivity index (χ0v) is 10.0. The minimum atomic E-state index is 0.184. The van der Waals surface area contributed by atoms with Gasteiger partial charge in [-0.3, -0.25) is 0 Å². The molecule has 1 aliphatic heterocycles. The summed E-state index contributed by atoms with van der Waals surface area (Å²) in [6.45, 7) is 1.37. The molecular weight excluding hydrogens is 230 g/mol. The van der Waals surface area contributed by atoms with Crippen molar-refractivity contribution in [3.63, 3.8) is 0 Å². The molecule has 2 N–H and O–H groups in total. The highest BCUT2D eigenvalue weighted by Gasteiger charge is 2.17. The second-order valence-electron chi connectivity index (χ2n) is 4.40. The number of nitrogens with two attached hydrogens (primary N) is 1. The summed E-state index contributed by atoms with van der Waals surface area (Å²) in [7, 11) is 0. The average molecular weight is 245 g/mol. The van der Waals surface area contributed by atoms with Crippen molar-refractivity contribution >= 4 is 16.6 Å². The molecule has 0 spiro atoms. The van der Waals surface area contributed by atoms with Crippen molar-refractivity contribution in [3.05, 3.63) is 24.5 Å². The predicted molar refractivity (Wildman–Crippen MR) is 68.4 cm³/mol. The SMILES string of the molecule is Nc1ccc2c(OCC3CCCO3)ncnc2c1. The minimum Gasteiger partial charge on any atom is -0.474 e. The Morgan fingerprint density at radius 1 is 1.39 bits per heavy atom. The molecule has 1 fully saturated rings. The van der Waals surface area contributed by atoms with Gasteiger partial charge in [0.05, 0.1) is 17.0 Å². The van der Waals surface area contributed by atoms with E-state index < -0.39 is 0 Å². The van der Waals surface area contributed by atoms with Crippen LogP contribution in [0.2, 0.25) is 0 Å². The molecule has 1 aromatic carbocycles. The molecule has 0 bridgehead atoms. The van der Waals surface area contributed by atoms with E-state index in [0.29, 0.717) is 18.2 Å². The van der Waals surface area contributed by atoms with Crippen LogP contribution in [0.15, 0.2) is 24.5 Å². The highest BCUT2D eigenvalue weighted by Crippen LogP contribution is 2.24. The van der Waals surface area contributed by atoms with Crippen molar-refractivity contribution in [2.75, 3.05) is 18.9 Å². The van der Waals surface area contributed by atoms with Crippen molar-refractivity contribution in [2.24, 2.45) is 0 Å². The quantitative estimate of drug-likeness (QED) is 0.834. The number of ether oxygens (including phenoxy) is 2. The van der Waals surface area contributed by atoms with E-state index in [9.17, 15) is 0 Å². The molecule has 1 aromatic heterocycles. The van der Waals surface area contributed by atoms with Crippen molar-refractivity contribution in [2.45, 2.75) is 18.9 Å². The van der Waals surface area contributed by atoms with Crippen LogP contribution < -0.4 is 10.5 Å². The van der Waals surface area contributed by atoms with Gasteiger partial charge >= 0.3 is 0 Å². The first kappa shape index (κ1) is 11.2. The Kier molecular flexibility index (Phi) is 2.98. The van der Waals surface area contributed by atoms with Gasteiger partial charge < -0.3 is 15.2 Å². The molecule has 2 heterocycles. The molecule has 0 radical (unpaired) electrons. The number of anilines is 1. The second-order valence-corrected chi connectivity index (χ2v) is 4.40. The van der Waals surface area contributed by atoms with Gasteiger partial charge in [0.2, 0.25) is 5.88 Å². The number of benzene rings is 1. The molecule has 0 saturated carbocycles. The zero-order chi connectivity index (χ0) is 12.4. The summed E-state index contributed by atoms with van der Waals surface area (Å²) < 4.78 is 11.2. The van der Waals surface area contributed by atoms with E-state index in [2.05, 4.69) is 9.97 Å². The van der Waals surface area contributed by atoms with Crippen LogP contribution in [-0.2, 0) is 4.74 Å². The minimum absolute atomic E-state index is 0.184. The lowest BCUT2D eigenvalue weighted by Gasteiger charge is -2.12. The van der Waals surface area contributed by atoms with E-state index in [1.165, 1.54) is 6.33 Å². The number of rotatable bonds is 3. The van der Waals surface area contributed by atoms with Crippen LogP contribution in [0.1, 0.15) is 12.8 Å². The summed E-state index contributed by atoms with van der Waals surface area (Å²) in [5.74, 6) is 0.593. The van der Waals surface area contributed by atoms with Crippen LogP contribution in [0.3, 0.4) is 0 Å². The van der Waals surface area contributed by atoms with E-state index in [0.717, 1.165) is 30.4 Å².